The van der Waals surface area contributed by atoms with Crippen molar-refractivity contribution in [2.75, 3.05) is 37.2 Å². The van der Waals surface area contributed by atoms with Crippen LogP contribution in [-0.4, -0.2) is 36.1 Å². The van der Waals surface area contributed by atoms with E-state index in [0.717, 1.165) is 38.4 Å². The molecule has 0 bridgehead atoms. The molecule has 4 nitrogen and oxygen atoms in total. The lowest BCUT2D eigenvalue weighted by molar-refractivity contribution is 0.303. The van der Waals surface area contributed by atoms with Crippen LogP contribution in [0.5, 0.6) is 0 Å². The summed E-state index contributed by atoms with van der Waals surface area (Å²) in [4.78, 5) is 6.59. The second-order valence-electron chi connectivity index (χ2n) is 3.75. The van der Waals surface area contributed by atoms with E-state index >= 15 is 0 Å². The number of hydrogen-bond acceptors (Lipinski definition) is 4. The summed E-state index contributed by atoms with van der Waals surface area (Å²) in [6.45, 7) is 8.68. The molecule has 4 heteroatoms. The Kier molecular flexibility index (Phi) is 5.64. The summed E-state index contributed by atoms with van der Waals surface area (Å²) in [5, 5.41) is 3.27. The summed E-state index contributed by atoms with van der Waals surface area (Å²) in [5.41, 5.74) is 5.59. The number of pyridine rings is 1. The minimum absolute atomic E-state index is 0.564. The first-order chi connectivity index (χ1) is 7.76. The first-order valence-electron chi connectivity index (χ1n) is 5.95. The Hall–Kier alpha value is -1.29. The first-order valence-corrected chi connectivity index (χ1v) is 5.95. The van der Waals surface area contributed by atoms with Crippen molar-refractivity contribution >= 4 is 11.6 Å². The zero-order chi connectivity index (χ0) is 11.8. The van der Waals surface area contributed by atoms with Crippen LogP contribution in [0.25, 0.3) is 0 Å². The summed E-state index contributed by atoms with van der Waals surface area (Å²) < 4.78 is 0. The lowest BCUT2D eigenvalue weighted by Gasteiger charge is -2.17. The average molecular weight is 222 g/mol. The maximum Gasteiger partial charge on any atom is 0.128 e. The number of hydrogen-bond donors (Lipinski definition) is 2. The smallest absolute Gasteiger partial charge is 0.128 e. The molecule has 1 heterocycles. The van der Waals surface area contributed by atoms with Crippen molar-refractivity contribution < 1.29 is 0 Å². The van der Waals surface area contributed by atoms with E-state index in [2.05, 4.69) is 29.0 Å². The van der Waals surface area contributed by atoms with Crippen molar-refractivity contribution in [3.63, 3.8) is 0 Å². The highest BCUT2D eigenvalue weighted by Gasteiger charge is 1.98. The fourth-order valence-corrected chi connectivity index (χ4v) is 1.61. The van der Waals surface area contributed by atoms with E-state index in [9.17, 15) is 0 Å². The lowest BCUT2D eigenvalue weighted by Crippen LogP contribution is -2.25. The molecule has 0 aliphatic heterocycles. The summed E-state index contributed by atoms with van der Waals surface area (Å²) in [5.74, 6) is 1.42. The Morgan fingerprint density at radius 1 is 1.31 bits per heavy atom. The van der Waals surface area contributed by atoms with E-state index < -0.39 is 0 Å². The van der Waals surface area contributed by atoms with Crippen molar-refractivity contribution in [2.45, 2.75) is 20.3 Å². The third-order valence-corrected chi connectivity index (χ3v) is 2.62. The Morgan fingerprint density at radius 2 is 2.06 bits per heavy atom. The molecule has 1 aromatic rings. The van der Waals surface area contributed by atoms with Crippen molar-refractivity contribution in [1.29, 1.82) is 0 Å². The van der Waals surface area contributed by atoms with Gasteiger partial charge in [0.2, 0.25) is 0 Å². The van der Waals surface area contributed by atoms with Gasteiger partial charge in [0, 0.05) is 6.54 Å². The van der Waals surface area contributed by atoms with Crippen molar-refractivity contribution in [1.82, 2.24) is 9.88 Å². The molecule has 0 aliphatic carbocycles. The number of aromatic nitrogens is 1. The molecule has 1 aromatic heterocycles. The van der Waals surface area contributed by atoms with E-state index in [-0.39, 0.29) is 0 Å². The number of nitrogen functional groups attached to an aromatic ring is 1. The Morgan fingerprint density at radius 3 is 2.69 bits per heavy atom. The third kappa shape index (κ3) is 4.49. The van der Waals surface area contributed by atoms with Crippen LogP contribution >= 0.6 is 0 Å². The van der Waals surface area contributed by atoms with Crippen LogP contribution in [0.15, 0.2) is 18.2 Å². The zero-order valence-electron chi connectivity index (χ0n) is 10.2. The summed E-state index contributed by atoms with van der Waals surface area (Å²) in [6, 6.07) is 5.64. The Bertz CT molecular complexity index is 297. The van der Waals surface area contributed by atoms with Gasteiger partial charge < -0.3 is 16.0 Å². The summed E-state index contributed by atoms with van der Waals surface area (Å²) in [6.07, 6.45) is 1.12. The molecule has 16 heavy (non-hydrogen) atoms. The molecular formula is C12H22N4. The highest BCUT2D eigenvalue weighted by atomic mass is 15.1. The normalized spacial score (nSPS) is 10.7. The van der Waals surface area contributed by atoms with Gasteiger partial charge in [-0.2, -0.15) is 0 Å². The van der Waals surface area contributed by atoms with Gasteiger partial charge in [0.15, 0.2) is 0 Å². The van der Waals surface area contributed by atoms with Crippen LogP contribution < -0.4 is 11.1 Å². The summed E-state index contributed by atoms with van der Waals surface area (Å²) in [7, 11) is 0. The number of nitrogens with two attached hydrogens (primary N) is 1. The molecule has 90 valence electrons. The molecular weight excluding hydrogens is 200 g/mol. The van der Waals surface area contributed by atoms with E-state index in [1.54, 1.807) is 6.07 Å². The quantitative estimate of drug-likeness (QED) is 0.691. The lowest BCUT2D eigenvalue weighted by atomic mass is 10.3. The molecule has 0 saturated heterocycles. The molecule has 0 amide bonds. The van der Waals surface area contributed by atoms with E-state index in [1.165, 1.54) is 0 Å². The second-order valence-corrected chi connectivity index (χ2v) is 3.75. The molecule has 0 atom stereocenters. The van der Waals surface area contributed by atoms with Crippen LogP contribution in [0.2, 0.25) is 0 Å². The predicted octanol–water partition coefficient (Wildman–Crippen LogP) is 1.81. The maximum absolute atomic E-state index is 5.59. The van der Waals surface area contributed by atoms with Gasteiger partial charge in [-0.1, -0.05) is 19.9 Å². The standard InChI is InChI=1S/C12H22N4/c1-3-16(4-2)10-6-9-14-12-8-5-7-11(13)15-12/h5,7-8H,3-4,6,9-10H2,1-2H3,(H3,13,14,15). The largest absolute Gasteiger partial charge is 0.384 e. The van der Waals surface area contributed by atoms with Gasteiger partial charge >= 0.3 is 0 Å². The maximum atomic E-state index is 5.59. The Balaban J connectivity index is 2.20. The molecule has 0 unspecified atom stereocenters. The zero-order valence-corrected chi connectivity index (χ0v) is 10.2. The highest BCUT2D eigenvalue weighted by Crippen LogP contribution is 2.05. The van der Waals surface area contributed by atoms with Gasteiger partial charge in [0.05, 0.1) is 0 Å². The molecule has 1 rings (SSSR count). The number of anilines is 2. The molecule has 0 fully saturated rings. The highest BCUT2D eigenvalue weighted by molar-refractivity contribution is 5.41. The van der Waals surface area contributed by atoms with E-state index in [0.29, 0.717) is 5.82 Å². The number of rotatable bonds is 7. The molecule has 3 N–H and O–H groups in total. The van der Waals surface area contributed by atoms with Gasteiger partial charge in [0.1, 0.15) is 11.6 Å². The molecule has 0 spiro atoms. The second kappa shape index (κ2) is 7.06. The average Bonchev–Trinajstić information content (AvgIpc) is 2.29. The van der Waals surface area contributed by atoms with Gasteiger partial charge in [0.25, 0.3) is 0 Å². The topological polar surface area (TPSA) is 54.2 Å². The van der Waals surface area contributed by atoms with Crippen LogP contribution in [0.4, 0.5) is 11.6 Å². The number of nitrogens with one attached hydrogen (secondary N) is 1. The third-order valence-electron chi connectivity index (χ3n) is 2.62. The Labute approximate surface area is 97.9 Å². The van der Waals surface area contributed by atoms with Gasteiger partial charge in [-0.25, -0.2) is 4.98 Å². The first kappa shape index (κ1) is 12.8. The van der Waals surface area contributed by atoms with Crippen molar-refractivity contribution in [3.8, 4) is 0 Å². The minimum Gasteiger partial charge on any atom is -0.384 e. The van der Waals surface area contributed by atoms with Crippen LogP contribution in [-0.2, 0) is 0 Å². The summed E-state index contributed by atoms with van der Waals surface area (Å²) >= 11 is 0. The van der Waals surface area contributed by atoms with Crippen LogP contribution in [0, 0.1) is 0 Å². The van der Waals surface area contributed by atoms with Crippen molar-refractivity contribution in [3.05, 3.63) is 18.2 Å². The van der Waals surface area contributed by atoms with Gasteiger partial charge in [-0.3, -0.25) is 0 Å². The molecule has 0 aliphatic rings. The van der Waals surface area contributed by atoms with Crippen molar-refractivity contribution in [2.24, 2.45) is 0 Å². The monoisotopic (exact) mass is 222 g/mol. The molecule has 0 aromatic carbocycles. The number of nitrogens with zero attached hydrogens (tertiary/aromatic N) is 2. The fraction of sp³-hybridized carbons (Fsp3) is 0.583. The predicted molar refractivity (Wildman–Crippen MR) is 69.5 cm³/mol. The molecule has 0 saturated carbocycles. The van der Waals surface area contributed by atoms with E-state index in [4.69, 9.17) is 5.73 Å². The molecule has 0 radical (unpaired) electrons. The SMILES string of the molecule is CCN(CC)CCCNc1cccc(N)n1. The minimum atomic E-state index is 0.564. The van der Waals surface area contributed by atoms with Gasteiger partial charge in [-0.05, 0) is 38.2 Å². The van der Waals surface area contributed by atoms with Crippen LogP contribution in [0.1, 0.15) is 20.3 Å². The van der Waals surface area contributed by atoms with Gasteiger partial charge in [-0.15, -0.1) is 0 Å². The van der Waals surface area contributed by atoms with Crippen LogP contribution in [0.3, 0.4) is 0 Å². The fourth-order valence-electron chi connectivity index (χ4n) is 1.61. The van der Waals surface area contributed by atoms with E-state index in [1.807, 2.05) is 12.1 Å².